The number of carbonyl (C=O) groups is 1. The number of ether oxygens (including phenoxy) is 6. The normalized spacial score (nSPS) is 49.7. The van der Waals surface area contributed by atoms with Crippen molar-refractivity contribution < 1.29 is 63.9 Å². The first kappa shape index (κ1) is 46.3. The van der Waals surface area contributed by atoms with Crippen LogP contribution in [0, 0.1) is 23.7 Å². The Hall–Kier alpha value is -1.05. The highest BCUT2D eigenvalue weighted by molar-refractivity contribution is 5.73. The minimum Gasteiger partial charge on any atom is -0.459 e. The number of cyclic esters (lactones) is 1. The van der Waals surface area contributed by atoms with Gasteiger partial charge in [0.2, 0.25) is 0 Å². The minimum absolute atomic E-state index is 0.0507. The molecule has 8 N–H and O–H groups in total. The van der Waals surface area contributed by atoms with E-state index in [1.807, 2.05) is 18.9 Å². The van der Waals surface area contributed by atoms with Crippen LogP contribution in [0.5, 0.6) is 0 Å². The van der Waals surface area contributed by atoms with Crippen molar-refractivity contribution in [3.8, 4) is 0 Å². The summed E-state index contributed by atoms with van der Waals surface area (Å²) in [6.07, 6.45) is -10.8. The summed E-state index contributed by atoms with van der Waals surface area (Å²) < 4.78 is 37.3. The quantitative estimate of drug-likeness (QED) is 0.162. The number of aliphatic hydroxyl groups excluding tert-OH is 4. The molecule has 0 aromatic rings. The molecule has 0 bridgehead atoms. The minimum atomic E-state index is -1.94. The molecule has 3 rings (SSSR count). The summed E-state index contributed by atoms with van der Waals surface area (Å²) in [6.45, 7) is 17.6. The van der Waals surface area contributed by atoms with Gasteiger partial charge in [-0.05, 0) is 73.8 Å². The zero-order valence-corrected chi connectivity index (χ0v) is 34.0. The fraction of sp³-hybridized carbons (Fsp3) is 0.974. The summed E-state index contributed by atoms with van der Waals surface area (Å²) in [5.41, 5.74) is 1.09. The van der Waals surface area contributed by atoms with E-state index in [1.165, 1.54) is 14.0 Å². The van der Waals surface area contributed by atoms with E-state index in [1.54, 1.807) is 55.4 Å². The Bertz CT molecular complexity index is 1160. The Balaban J connectivity index is 2.18. The molecule has 3 heterocycles. The van der Waals surface area contributed by atoms with Crippen LogP contribution >= 0.6 is 0 Å². The Morgan fingerprint density at radius 2 is 1.53 bits per heavy atom. The second kappa shape index (κ2) is 18.5. The Labute approximate surface area is 316 Å². The third-order valence-electron chi connectivity index (χ3n) is 12.4. The van der Waals surface area contributed by atoms with E-state index >= 15 is 0 Å². The molecular formula is C38H72N2O13. The van der Waals surface area contributed by atoms with E-state index in [2.05, 4.69) is 0 Å². The lowest BCUT2D eigenvalue weighted by Gasteiger charge is -2.49. The number of hydrogen-bond acceptors (Lipinski definition) is 15. The molecule has 15 heteroatoms. The van der Waals surface area contributed by atoms with Gasteiger partial charge in [0.25, 0.3) is 0 Å². The molecule has 0 saturated carbocycles. The lowest BCUT2D eigenvalue weighted by Crippen LogP contribution is -2.61. The van der Waals surface area contributed by atoms with E-state index < -0.39 is 108 Å². The number of rotatable bonds is 9. The molecule has 0 aliphatic carbocycles. The lowest BCUT2D eigenvalue weighted by molar-refractivity contribution is -0.318. The predicted molar refractivity (Wildman–Crippen MR) is 195 cm³/mol. The van der Waals surface area contributed by atoms with Crippen LogP contribution in [0.25, 0.3) is 0 Å². The van der Waals surface area contributed by atoms with Crippen LogP contribution in [0.3, 0.4) is 0 Å². The molecule has 19 atom stereocenters. The molecule has 0 aromatic carbocycles. The molecule has 0 amide bonds. The molecule has 0 spiro atoms. The summed E-state index contributed by atoms with van der Waals surface area (Å²) in [6, 6.07) is -0.371. The fourth-order valence-corrected chi connectivity index (χ4v) is 8.88. The second-order valence-corrected chi connectivity index (χ2v) is 17.0. The van der Waals surface area contributed by atoms with Crippen molar-refractivity contribution in [3.05, 3.63) is 0 Å². The topological polar surface area (TPSA) is 223 Å². The van der Waals surface area contributed by atoms with Crippen LogP contribution in [0.1, 0.15) is 94.9 Å². The van der Waals surface area contributed by atoms with Gasteiger partial charge in [0.05, 0.1) is 53.7 Å². The van der Waals surface area contributed by atoms with Crippen molar-refractivity contribution in [1.29, 1.82) is 0 Å². The number of nitrogens with two attached hydrogens (primary N) is 1. The van der Waals surface area contributed by atoms with Crippen molar-refractivity contribution in [2.24, 2.45) is 29.4 Å². The van der Waals surface area contributed by atoms with Gasteiger partial charge in [-0.2, -0.15) is 0 Å². The maximum absolute atomic E-state index is 14.1. The number of likely N-dealkylation sites (N-methyl/N-ethyl adjacent to an activating group) is 1. The van der Waals surface area contributed by atoms with E-state index in [0.717, 1.165) is 0 Å². The fourth-order valence-electron chi connectivity index (χ4n) is 8.88. The van der Waals surface area contributed by atoms with Gasteiger partial charge in [-0.15, -0.1) is 0 Å². The van der Waals surface area contributed by atoms with Crippen molar-refractivity contribution in [2.45, 2.75) is 185 Å². The van der Waals surface area contributed by atoms with E-state index in [9.17, 15) is 35.4 Å². The molecule has 53 heavy (non-hydrogen) atoms. The van der Waals surface area contributed by atoms with Gasteiger partial charge < -0.3 is 64.8 Å². The van der Waals surface area contributed by atoms with E-state index in [-0.39, 0.29) is 31.4 Å². The highest BCUT2D eigenvalue weighted by Gasteiger charge is 2.53. The number of aliphatic hydroxyl groups is 6. The second-order valence-electron chi connectivity index (χ2n) is 17.0. The van der Waals surface area contributed by atoms with Gasteiger partial charge in [-0.1, -0.05) is 27.7 Å². The summed E-state index contributed by atoms with van der Waals surface area (Å²) in [5, 5.41) is 69.7. The van der Waals surface area contributed by atoms with Crippen LogP contribution in [-0.4, -0.2) is 159 Å². The van der Waals surface area contributed by atoms with Crippen LogP contribution in [0.2, 0.25) is 0 Å². The van der Waals surface area contributed by atoms with Gasteiger partial charge in [0, 0.05) is 44.5 Å². The van der Waals surface area contributed by atoms with Gasteiger partial charge in [0.1, 0.15) is 23.9 Å². The van der Waals surface area contributed by atoms with Crippen molar-refractivity contribution in [1.82, 2.24) is 4.90 Å². The lowest BCUT2D eigenvalue weighted by atomic mass is 9.73. The van der Waals surface area contributed by atoms with Crippen LogP contribution in [-0.2, 0) is 33.2 Å². The molecule has 3 aliphatic rings. The average molecular weight is 765 g/mol. The number of hydrogen-bond donors (Lipinski definition) is 7. The number of methoxy groups -OCH3 is 1. The molecule has 3 fully saturated rings. The van der Waals surface area contributed by atoms with Gasteiger partial charge in [0.15, 0.2) is 12.6 Å². The first-order valence-corrected chi connectivity index (χ1v) is 19.4. The molecule has 3 saturated heterocycles. The summed E-state index contributed by atoms with van der Waals surface area (Å²) in [5.74, 6) is -4.18. The summed E-state index contributed by atoms with van der Waals surface area (Å²) >= 11 is 0. The standard InChI is InChI=1S/C38H72N2O13/c1-13-26-38(10,47)31(43)21(4)28(41)19(2)17-36(8,46)33(53-35-29(42)25(16-20(3)49-35)40(11)15-14-39)22(5)30(23(6)34(45)51-26)52-27-18-37(9,48-12)32(44)24(7)50-27/h19-33,35,41-44,46-47H,13-18,39H2,1-12H3/t19-,20-,21+,22+,23-,24+,25+,26-,27-,28+,29-,30+,31-,32+,33-,35+,36-,37-,38-/m1/s1. The number of esters is 1. The molecule has 312 valence electrons. The van der Waals surface area contributed by atoms with Gasteiger partial charge in [-0.25, -0.2) is 0 Å². The Morgan fingerprint density at radius 1 is 0.906 bits per heavy atom. The van der Waals surface area contributed by atoms with Crippen LogP contribution in [0.15, 0.2) is 0 Å². The zero-order chi connectivity index (χ0) is 40.4. The van der Waals surface area contributed by atoms with Crippen molar-refractivity contribution in [2.75, 3.05) is 27.2 Å². The molecular weight excluding hydrogens is 692 g/mol. The third kappa shape index (κ3) is 10.3. The highest BCUT2D eigenvalue weighted by Crippen LogP contribution is 2.41. The molecule has 3 aliphatic heterocycles. The molecule has 0 aromatic heterocycles. The van der Waals surface area contributed by atoms with Gasteiger partial charge >= 0.3 is 5.97 Å². The average Bonchev–Trinajstić information content (AvgIpc) is 3.09. The molecule has 0 unspecified atom stereocenters. The smallest absolute Gasteiger partial charge is 0.311 e. The van der Waals surface area contributed by atoms with Crippen molar-refractivity contribution in [3.63, 3.8) is 0 Å². The maximum atomic E-state index is 14.1. The largest absolute Gasteiger partial charge is 0.459 e. The monoisotopic (exact) mass is 765 g/mol. The maximum Gasteiger partial charge on any atom is 0.311 e. The molecule has 0 radical (unpaired) electrons. The first-order valence-electron chi connectivity index (χ1n) is 19.4. The van der Waals surface area contributed by atoms with Crippen LogP contribution in [0.4, 0.5) is 0 Å². The van der Waals surface area contributed by atoms with Crippen LogP contribution < -0.4 is 5.73 Å². The highest BCUT2D eigenvalue weighted by atomic mass is 16.7. The van der Waals surface area contributed by atoms with Gasteiger partial charge in [-0.3, -0.25) is 9.69 Å². The van der Waals surface area contributed by atoms with E-state index in [4.69, 9.17) is 34.2 Å². The Kier molecular flexibility index (Phi) is 16.2. The summed E-state index contributed by atoms with van der Waals surface area (Å²) in [4.78, 5) is 16.1. The predicted octanol–water partition coefficient (Wildman–Crippen LogP) is 0.906. The molecule has 15 nitrogen and oxygen atoms in total. The van der Waals surface area contributed by atoms with Crippen molar-refractivity contribution >= 4 is 5.97 Å². The summed E-state index contributed by atoms with van der Waals surface area (Å²) in [7, 11) is 3.35. The first-order chi connectivity index (χ1) is 24.5. The third-order valence-corrected chi connectivity index (χ3v) is 12.4. The zero-order valence-electron chi connectivity index (χ0n) is 34.0. The van der Waals surface area contributed by atoms with E-state index in [0.29, 0.717) is 19.5 Å². The number of nitrogens with zero attached hydrogens (tertiary/aromatic N) is 1. The Morgan fingerprint density at radius 3 is 2.09 bits per heavy atom. The SMILES string of the molecule is CC[C@H]1OC(=O)[C@H](C)[C@@H](O[C@@H]2C[C@@](C)(OC)[C@@H](O)[C@H](C)O2)[C@H](C)[C@@H](O[C@@H]2O[C@H](C)C[C@H](N(C)CCN)[C@H]2O)[C@](C)(O)C[C@@H](C)[C@H](O)[C@H](C)[C@@H](O)[C@]1(C)O. The number of carbonyl (C=O) groups excluding carboxylic acids is 1.